The molecule has 0 radical (unpaired) electrons. The SMILES string of the molecule is Cc1cc(Nc2ncn(-c3cc(F)cc(F)c3)n2)cc(NC2CCN(CC(F)F)CC2)c1. The van der Waals surface area contributed by atoms with Crippen LogP contribution in [0.4, 0.5) is 34.9 Å². The largest absolute Gasteiger partial charge is 0.382 e. The third-order valence-electron chi connectivity index (χ3n) is 5.29. The van der Waals surface area contributed by atoms with Crippen molar-refractivity contribution in [2.24, 2.45) is 0 Å². The summed E-state index contributed by atoms with van der Waals surface area (Å²) in [5.41, 5.74) is 2.91. The Bertz CT molecular complexity index is 1040. The molecule has 6 nitrogen and oxygen atoms in total. The highest BCUT2D eigenvalue weighted by Crippen LogP contribution is 2.24. The minimum atomic E-state index is -2.30. The summed E-state index contributed by atoms with van der Waals surface area (Å²) in [5.74, 6) is -1.11. The molecule has 2 N–H and O–H groups in total. The fourth-order valence-electron chi connectivity index (χ4n) is 3.87. The Morgan fingerprint density at radius 1 is 1.00 bits per heavy atom. The number of nitrogens with one attached hydrogen (secondary N) is 2. The van der Waals surface area contributed by atoms with E-state index in [0.29, 0.717) is 13.1 Å². The third-order valence-corrected chi connectivity index (χ3v) is 5.29. The maximum absolute atomic E-state index is 13.5. The first-order valence-electron chi connectivity index (χ1n) is 10.4. The van der Waals surface area contributed by atoms with E-state index in [0.717, 1.165) is 35.8 Å². The van der Waals surface area contributed by atoms with E-state index in [9.17, 15) is 17.6 Å². The summed E-state index contributed by atoms with van der Waals surface area (Å²) >= 11 is 0. The molecule has 1 aliphatic rings. The van der Waals surface area contributed by atoms with E-state index in [1.54, 1.807) is 4.90 Å². The third kappa shape index (κ3) is 5.76. The van der Waals surface area contributed by atoms with Gasteiger partial charge in [0.1, 0.15) is 18.0 Å². The summed E-state index contributed by atoms with van der Waals surface area (Å²) in [4.78, 5) is 5.95. The maximum Gasteiger partial charge on any atom is 0.251 e. The number of benzene rings is 2. The molecule has 10 heteroatoms. The van der Waals surface area contributed by atoms with Crippen molar-refractivity contribution in [1.29, 1.82) is 0 Å². The van der Waals surface area contributed by atoms with Crippen LogP contribution in [0.5, 0.6) is 0 Å². The Labute approximate surface area is 183 Å². The quantitative estimate of drug-likeness (QED) is 0.512. The van der Waals surface area contributed by atoms with E-state index < -0.39 is 18.1 Å². The first-order chi connectivity index (χ1) is 15.3. The Morgan fingerprint density at radius 2 is 1.69 bits per heavy atom. The molecule has 1 aliphatic heterocycles. The van der Waals surface area contributed by atoms with Gasteiger partial charge in [0.05, 0.1) is 12.2 Å². The topological polar surface area (TPSA) is 58.0 Å². The number of aryl methyl sites for hydroxylation is 1. The van der Waals surface area contributed by atoms with Crippen molar-refractivity contribution >= 4 is 17.3 Å². The predicted molar refractivity (Wildman–Crippen MR) is 115 cm³/mol. The number of alkyl halides is 2. The molecule has 0 spiro atoms. The van der Waals surface area contributed by atoms with Crippen LogP contribution in [0.3, 0.4) is 0 Å². The average Bonchev–Trinajstić information content (AvgIpc) is 3.16. The average molecular weight is 448 g/mol. The lowest BCUT2D eigenvalue weighted by molar-refractivity contribution is 0.0769. The summed E-state index contributed by atoms with van der Waals surface area (Å²) in [6.07, 6.45) is 0.652. The second kappa shape index (κ2) is 9.56. The zero-order chi connectivity index (χ0) is 22.7. The fourth-order valence-corrected chi connectivity index (χ4v) is 3.87. The molecule has 0 bridgehead atoms. The van der Waals surface area contributed by atoms with Gasteiger partial charge in [0, 0.05) is 36.6 Å². The number of likely N-dealkylation sites (tertiary alicyclic amines) is 1. The normalized spacial score (nSPS) is 15.3. The standard InChI is InChI=1S/C22H24F4N6/c1-14-6-18(28-17-2-4-31(5-3-17)12-21(25)26)11-19(7-14)29-22-27-13-32(30-22)20-9-15(23)8-16(24)10-20/h6-11,13,17,21,28H,2-5,12H2,1H3,(H,29,30). The van der Waals surface area contributed by atoms with Crippen molar-refractivity contribution in [3.8, 4) is 5.69 Å². The molecule has 0 atom stereocenters. The lowest BCUT2D eigenvalue weighted by atomic mass is 10.0. The molecule has 4 rings (SSSR count). The first kappa shape index (κ1) is 22.1. The summed E-state index contributed by atoms with van der Waals surface area (Å²) in [5, 5.41) is 10.8. The monoisotopic (exact) mass is 448 g/mol. The second-order valence-corrected chi connectivity index (χ2v) is 7.96. The van der Waals surface area contributed by atoms with Crippen molar-refractivity contribution in [3.63, 3.8) is 0 Å². The maximum atomic E-state index is 13.5. The molecule has 1 saturated heterocycles. The van der Waals surface area contributed by atoms with Gasteiger partial charge >= 0.3 is 0 Å². The molecular formula is C22H24F4N6. The van der Waals surface area contributed by atoms with E-state index in [2.05, 4.69) is 20.7 Å². The minimum absolute atomic E-state index is 0.173. The van der Waals surface area contributed by atoms with E-state index in [1.807, 2.05) is 25.1 Å². The van der Waals surface area contributed by atoms with E-state index >= 15 is 0 Å². The van der Waals surface area contributed by atoms with Gasteiger partial charge in [0.15, 0.2) is 0 Å². The molecule has 0 aliphatic carbocycles. The van der Waals surface area contributed by atoms with Gasteiger partial charge in [0.25, 0.3) is 6.43 Å². The van der Waals surface area contributed by atoms with Crippen LogP contribution in [-0.4, -0.2) is 51.8 Å². The van der Waals surface area contributed by atoms with Crippen LogP contribution >= 0.6 is 0 Å². The summed E-state index contributed by atoms with van der Waals surface area (Å²) in [6, 6.07) is 9.20. The molecular weight excluding hydrogens is 424 g/mol. The fraction of sp³-hybridized carbons (Fsp3) is 0.364. The van der Waals surface area contributed by atoms with Gasteiger partial charge in [0.2, 0.25) is 5.95 Å². The number of nitrogens with zero attached hydrogens (tertiary/aromatic N) is 4. The van der Waals surface area contributed by atoms with Crippen molar-refractivity contribution in [2.75, 3.05) is 30.3 Å². The Balaban J connectivity index is 1.41. The number of hydrogen-bond acceptors (Lipinski definition) is 5. The van der Waals surface area contributed by atoms with E-state index in [4.69, 9.17) is 0 Å². The molecule has 0 saturated carbocycles. The highest BCUT2D eigenvalue weighted by molar-refractivity contribution is 5.63. The molecule has 2 aromatic carbocycles. The first-order valence-corrected chi connectivity index (χ1v) is 10.4. The van der Waals surface area contributed by atoms with Crippen LogP contribution in [0, 0.1) is 18.6 Å². The Morgan fingerprint density at radius 3 is 2.38 bits per heavy atom. The molecule has 32 heavy (non-hydrogen) atoms. The van der Waals surface area contributed by atoms with E-state index in [1.165, 1.54) is 23.1 Å². The molecule has 1 fully saturated rings. The predicted octanol–water partition coefficient (Wildman–Crippen LogP) is 4.74. The highest BCUT2D eigenvalue weighted by atomic mass is 19.3. The zero-order valence-corrected chi connectivity index (χ0v) is 17.5. The number of hydrogen-bond donors (Lipinski definition) is 2. The number of halogens is 4. The smallest absolute Gasteiger partial charge is 0.251 e. The van der Waals surface area contributed by atoms with Crippen molar-refractivity contribution in [1.82, 2.24) is 19.7 Å². The van der Waals surface area contributed by atoms with Crippen molar-refractivity contribution in [2.45, 2.75) is 32.2 Å². The van der Waals surface area contributed by atoms with E-state index in [-0.39, 0.29) is 24.2 Å². The Hall–Kier alpha value is -3.14. The number of anilines is 3. The van der Waals surface area contributed by atoms with Crippen LogP contribution in [0.25, 0.3) is 5.69 Å². The lowest BCUT2D eigenvalue weighted by Gasteiger charge is -2.32. The molecule has 170 valence electrons. The van der Waals surface area contributed by atoms with Crippen LogP contribution in [-0.2, 0) is 0 Å². The minimum Gasteiger partial charge on any atom is -0.382 e. The van der Waals surface area contributed by atoms with Crippen LogP contribution in [0.2, 0.25) is 0 Å². The van der Waals surface area contributed by atoms with Crippen LogP contribution in [0.1, 0.15) is 18.4 Å². The molecule has 3 aromatic rings. The summed E-state index contributed by atoms with van der Waals surface area (Å²) < 4.78 is 53.3. The van der Waals surface area contributed by atoms with Gasteiger partial charge in [-0.15, -0.1) is 5.10 Å². The van der Waals surface area contributed by atoms with Crippen molar-refractivity contribution in [3.05, 3.63) is 59.9 Å². The molecule has 2 heterocycles. The lowest BCUT2D eigenvalue weighted by Crippen LogP contribution is -2.41. The number of rotatable bonds is 7. The van der Waals surface area contributed by atoms with Crippen LogP contribution < -0.4 is 10.6 Å². The van der Waals surface area contributed by atoms with Gasteiger partial charge in [-0.1, -0.05) is 0 Å². The highest BCUT2D eigenvalue weighted by Gasteiger charge is 2.21. The second-order valence-electron chi connectivity index (χ2n) is 7.96. The van der Waals surface area contributed by atoms with Gasteiger partial charge in [-0.25, -0.2) is 22.2 Å². The number of aromatic nitrogens is 3. The summed E-state index contributed by atoms with van der Waals surface area (Å²) in [6.45, 7) is 3.07. The van der Waals surface area contributed by atoms with Gasteiger partial charge < -0.3 is 10.6 Å². The zero-order valence-electron chi connectivity index (χ0n) is 17.5. The molecule has 0 unspecified atom stereocenters. The number of piperidine rings is 1. The Kier molecular flexibility index (Phi) is 6.59. The molecule has 0 amide bonds. The summed E-state index contributed by atoms with van der Waals surface area (Å²) in [7, 11) is 0. The van der Waals surface area contributed by atoms with Crippen LogP contribution in [0.15, 0.2) is 42.7 Å². The van der Waals surface area contributed by atoms with Gasteiger partial charge in [-0.3, -0.25) is 4.90 Å². The van der Waals surface area contributed by atoms with Gasteiger partial charge in [-0.2, -0.15) is 4.98 Å². The van der Waals surface area contributed by atoms with Crippen molar-refractivity contribution < 1.29 is 17.6 Å². The molecule has 1 aromatic heterocycles. The van der Waals surface area contributed by atoms with Gasteiger partial charge in [-0.05, 0) is 55.7 Å².